The number of hydrogen-bond donors (Lipinski definition) is 0. The molecule has 1 aromatic carbocycles. The third kappa shape index (κ3) is 1.80. The lowest BCUT2D eigenvalue weighted by atomic mass is 10.3. The van der Waals surface area contributed by atoms with Crippen molar-refractivity contribution in [3.05, 3.63) is 24.1 Å². The molecule has 0 saturated heterocycles. The van der Waals surface area contributed by atoms with Crippen molar-refractivity contribution in [2.24, 2.45) is 0 Å². The number of carbonyl (C=O) groups is 1. The molecule has 0 aliphatic carbocycles. The van der Waals surface area contributed by atoms with Gasteiger partial charge < -0.3 is 9.32 Å². The Balaban J connectivity index is 2.50. The Hall–Kier alpha value is -1.55. The molecule has 0 atom stereocenters. The molecule has 0 aliphatic rings. The van der Waals surface area contributed by atoms with Crippen LogP contribution in [0, 0.1) is 6.92 Å². The van der Waals surface area contributed by atoms with Crippen LogP contribution in [-0.4, -0.2) is 17.4 Å². The number of benzene rings is 1. The van der Waals surface area contributed by atoms with E-state index in [1.165, 1.54) is 4.90 Å². The summed E-state index contributed by atoms with van der Waals surface area (Å²) in [5, 5.41) is -0.536. The fourth-order valence-corrected chi connectivity index (χ4v) is 1.44. The second kappa shape index (κ2) is 3.55. The third-order valence-corrected chi connectivity index (χ3v) is 2.38. The van der Waals surface area contributed by atoms with Crippen molar-refractivity contribution in [2.75, 3.05) is 11.9 Å². The van der Waals surface area contributed by atoms with E-state index in [9.17, 15) is 4.79 Å². The van der Waals surface area contributed by atoms with Gasteiger partial charge >= 0.3 is 5.37 Å². The van der Waals surface area contributed by atoms with E-state index in [-0.39, 0.29) is 0 Å². The maximum atomic E-state index is 10.9. The van der Waals surface area contributed by atoms with Gasteiger partial charge in [-0.3, -0.25) is 4.79 Å². The van der Waals surface area contributed by atoms with Gasteiger partial charge in [-0.25, -0.2) is 4.98 Å². The average Bonchev–Trinajstić information content (AvgIpc) is 2.55. The molecule has 0 spiro atoms. The summed E-state index contributed by atoms with van der Waals surface area (Å²) in [5.41, 5.74) is 2.10. The third-order valence-electron chi connectivity index (χ3n) is 2.13. The number of anilines is 1. The standard InChI is InChI=1S/C10H9ClN2O2/c1-6-12-8-4-3-7(5-9(8)15-6)13(2)10(11)14/h3-5H,1-2H3. The van der Waals surface area contributed by atoms with Gasteiger partial charge in [0.05, 0.1) is 0 Å². The number of nitrogens with zero attached hydrogens (tertiary/aromatic N) is 2. The number of aromatic nitrogens is 1. The Bertz CT molecular complexity index is 521. The lowest BCUT2D eigenvalue weighted by molar-refractivity contribution is 0.265. The predicted octanol–water partition coefficient (Wildman–Crippen LogP) is 2.93. The first-order chi connectivity index (χ1) is 7.08. The largest absolute Gasteiger partial charge is 0.441 e. The van der Waals surface area contributed by atoms with E-state index in [0.29, 0.717) is 17.2 Å². The van der Waals surface area contributed by atoms with E-state index in [1.54, 1.807) is 32.2 Å². The number of rotatable bonds is 1. The first-order valence-corrected chi connectivity index (χ1v) is 4.76. The molecule has 15 heavy (non-hydrogen) atoms. The minimum Gasteiger partial charge on any atom is -0.441 e. The molecule has 2 rings (SSSR count). The van der Waals surface area contributed by atoms with Gasteiger partial charge in [-0.15, -0.1) is 0 Å². The maximum absolute atomic E-state index is 10.9. The summed E-state index contributed by atoms with van der Waals surface area (Å²) in [5.74, 6) is 0.599. The number of halogens is 1. The fourth-order valence-electron chi connectivity index (χ4n) is 1.34. The van der Waals surface area contributed by atoms with Gasteiger partial charge in [0.15, 0.2) is 11.5 Å². The molecule has 1 amide bonds. The lowest BCUT2D eigenvalue weighted by Gasteiger charge is -2.12. The van der Waals surface area contributed by atoms with Gasteiger partial charge in [-0.05, 0) is 23.7 Å². The molecule has 1 heterocycles. The van der Waals surface area contributed by atoms with E-state index in [2.05, 4.69) is 4.98 Å². The second-order valence-corrected chi connectivity index (χ2v) is 3.52. The Morgan fingerprint density at radius 3 is 2.93 bits per heavy atom. The Morgan fingerprint density at radius 2 is 2.27 bits per heavy atom. The molecule has 0 bridgehead atoms. The number of hydrogen-bond acceptors (Lipinski definition) is 3. The average molecular weight is 225 g/mol. The van der Waals surface area contributed by atoms with E-state index < -0.39 is 5.37 Å². The van der Waals surface area contributed by atoms with Gasteiger partial charge in [0, 0.05) is 25.7 Å². The zero-order valence-corrected chi connectivity index (χ0v) is 9.08. The molecule has 1 aromatic heterocycles. The highest BCUT2D eigenvalue weighted by Crippen LogP contribution is 2.22. The molecule has 5 heteroatoms. The van der Waals surface area contributed by atoms with Crippen LogP contribution in [0.3, 0.4) is 0 Å². The monoisotopic (exact) mass is 224 g/mol. The molecule has 0 radical (unpaired) electrons. The highest BCUT2D eigenvalue weighted by molar-refractivity contribution is 6.66. The summed E-state index contributed by atoms with van der Waals surface area (Å²) >= 11 is 5.36. The zero-order valence-electron chi connectivity index (χ0n) is 8.32. The Kier molecular flexibility index (Phi) is 2.36. The normalized spacial score (nSPS) is 10.6. The molecular weight excluding hydrogens is 216 g/mol. The maximum Gasteiger partial charge on any atom is 0.320 e. The zero-order chi connectivity index (χ0) is 11.0. The van der Waals surface area contributed by atoms with Crippen molar-refractivity contribution in [3.63, 3.8) is 0 Å². The second-order valence-electron chi connectivity index (χ2n) is 3.20. The van der Waals surface area contributed by atoms with Crippen LogP contribution in [0.25, 0.3) is 11.1 Å². The minimum atomic E-state index is -0.536. The summed E-state index contributed by atoms with van der Waals surface area (Å²) in [6, 6.07) is 5.29. The molecule has 0 saturated carbocycles. The number of oxazole rings is 1. The summed E-state index contributed by atoms with van der Waals surface area (Å²) in [6.07, 6.45) is 0. The molecule has 2 aromatic rings. The lowest BCUT2D eigenvalue weighted by Crippen LogP contribution is -2.19. The predicted molar refractivity (Wildman–Crippen MR) is 58.4 cm³/mol. The highest BCUT2D eigenvalue weighted by Gasteiger charge is 2.10. The van der Waals surface area contributed by atoms with Crippen LogP contribution in [0.4, 0.5) is 10.5 Å². The van der Waals surface area contributed by atoms with Crippen LogP contribution in [0.2, 0.25) is 0 Å². The first-order valence-electron chi connectivity index (χ1n) is 4.38. The molecule has 4 nitrogen and oxygen atoms in total. The Morgan fingerprint density at radius 1 is 1.53 bits per heavy atom. The van der Waals surface area contributed by atoms with Crippen molar-refractivity contribution < 1.29 is 9.21 Å². The van der Waals surface area contributed by atoms with Gasteiger partial charge in [-0.2, -0.15) is 0 Å². The molecule has 0 unspecified atom stereocenters. The van der Waals surface area contributed by atoms with E-state index in [1.807, 2.05) is 0 Å². The fraction of sp³-hybridized carbons (Fsp3) is 0.200. The summed E-state index contributed by atoms with van der Waals surface area (Å²) < 4.78 is 5.35. The van der Waals surface area contributed by atoms with Gasteiger partial charge in [-0.1, -0.05) is 0 Å². The minimum absolute atomic E-state index is 0.536. The van der Waals surface area contributed by atoms with Crippen LogP contribution >= 0.6 is 11.6 Å². The topological polar surface area (TPSA) is 46.3 Å². The van der Waals surface area contributed by atoms with Crippen LogP contribution in [0.5, 0.6) is 0 Å². The summed E-state index contributed by atoms with van der Waals surface area (Å²) in [7, 11) is 1.60. The van der Waals surface area contributed by atoms with Gasteiger partial charge in [0.1, 0.15) is 5.52 Å². The number of fused-ring (bicyclic) bond motifs is 1. The first kappa shape index (κ1) is 9.98. The van der Waals surface area contributed by atoms with Crippen molar-refractivity contribution in [2.45, 2.75) is 6.92 Å². The molecule has 0 aliphatic heterocycles. The van der Waals surface area contributed by atoms with Crippen molar-refractivity contribution >= 4 is 33.8 Å². The van der Waals surface area contributed by atoms with Gasteiger partial charge in [0.2, 0.25) is 0 Å². The highest BCUT2D eigenvalue weighted by atomic mass is 35.5. The smallest absolute Gasteiger partial charge is 0.320 e. The molecule has 0 N–H and O–H groups in total. The molecular formula is C10H9ClN2O2. The van der Waals surface area contributed by atoms with Crippen molar-refractivity contribution in [1.82, 2.24) is 4.98 Å². The van der Waals surface area contributed by atoms with Gasteiger partial charge in [0.25, 0.3) is 0 Å². The van der Waals surface area contributed by atoms with Crippen LogP contribution in [-0.2, 0) is 0 Å². The summed E-state index contributed by atoms with van der Waals surface area (Å²) in [6.45, 7) is 1.77. The molecule has 78 valence electrons. The van der Waals surface area contributed by atoms with E-state index in [0.717, 1.165) is 5.52 Å². The Labute approximate surface area is 91.4 Å². The number of amides is 1. The van der Waals surface area contributed by atoms with Crippen molar-refractivity contribution in [1.29, 1.82) is 0 Å². The van der Waals surface area contributed by atoms with Crippen LogP contribution < -0.4 is 4.90 Å². The van der Waals surface area contributed by atoms with Crippen molar-refractivity contribution in [3.8, 4) is 0 Å². The van der Waals surface area contributed by atoms with Crippen LogP contribution in [0.15, 0.2) is 22.6 Å². The molecule has 0 fully saturated rings. The number of carbonyl (C=O) groups excluding carboxylic acids is 1. The van der Waals surface area contributed by atoms with E-state index in [4.69, 9.17) is 16.0 Å². The van der Waals surface area contributed by atoms with Crippen LogP contribution in [0.1, 0.15) is 5.89 Å². The summed E-state index contributed by atoms with van der Waals surface area (Å²) in [4.78, 5) is 16.4. The van der Waals surface area contributed by atoms with E-state index >= 15 is 0 Å². The number of aryl methyl sites for hydroxylation is 1. The quantitative estimate of drug-likeness (QED) is 0.553. The SMILES string of the molecule is Cc1nc2ccc(N(C)C(=O)Cl)cc2o1.